The molecule has 0 unspecified atom stereocenters. The molecule has 0 radical (unpaired) electrons. The molecule has 0 nitrogen and oxygen atoms in total. The largest absolute Gasteiger partial charge is 1.00 e. The van der Waals surface area contributed by atoms with Crippen LogP contribution in [0.1, 0.15) is 5.56 Å². The van der Waals surface area contributed by atoms with Crippen molar-refractivity contribution in [3.05, 3.63) is 58.8 Å². The predicted octanol–water partition coefficient (Wildman–Crippen LogP) is 0.488. The number of thiophene rings is 1. The molecule has 0 amide bonds. The van der Waals surface area contributed by atoms with E-state index in [1.165, 1.54) is 5.56 Å². The van der Waals surface area contributed by atoms with Gasteiger partial charge in [-0.05, 0) is 22.6 Å². The first-order valence-electron chi connectivity index (χ1n) is 4.02. The molecule has 2 aromatic rings. The average molecular weight is 211 g/mol. The zero-order valence-electron chi connectivity index (χ0n) is 7.19. The lowest BCUT2D eigenvalue weighted by Crippen LogP contribution is -3.00. The number of halogens is 1. The van der Waals surface area contributed by atoms with Crippen molar-refractivity contribution in [3.63, 3.8) is 0 Å². The van der Waals surface area contributed by atoms with E-state index in [0.29, 0.717) is 10.5 Å². The maximum absolute atomic E-state index is 2.27. The molecule has 1 aromatic heterocycles. The van der Waals surface area contributed by atoms with Crippen LogP contribution >= 0.6 is 10.5 Å². The van der Waals surface area contributed by atoms with Gasteiger partial charge in [0.2, 0.25) is 0 Å². The first kappa shape index (κ1) is 10.3. The van der Waals surface area contributed by atoms with Crippen LogP contribution in [-0.4, -0.2) is 0 Å². The summed E-state index contributed by atoms with van der Waals surface area (Å²) in [5.74, 6) is 1.16. The molecule has 0 saturated carbocycles. The first-order chi connectivity index (χ1) is 5.95. The molecule has 2 heteroatoms. The summed E-state index contributed by atoms with van der Waals surface area (Å²) in [5.41, 5.74) is 1.43. The van der Waals surface area contributed by atoms with Gasteiger partial charge in [-0.3, -0.25) is 0 Å². The van der Waals surface area contributed by atoms with Crippen molar-refractivity contribution in [3.8, 4) is 0 Å². The van der Waals surface area contributed by atoms with Gasteiger partial charge >= 0.3 is 0 Å². The molecule has 0 aliphatic heterocycles. The molecule has 0 aliphatic rings. The molecule has 0 spiro atoms. The fourth-order valence-electron chi connectivity index (χ4n) is 1.20. The quantitative estimate of drug-likeness (QED) is 0.633. The third-order valence-electron chi connectivity index (χ3n) is 1.79. The lowest BCUT2D eigenvalue weighted by Gasteiger charge is -1.90. The third-order valence-corrected chi connectivity index (χ3v) is 3.47. The van der Waals surface area contributed by atoms with Gasteiger partial charge in [-0.1, -0.05) is 30.3 Å². The number of hydrogen-bond donors (Lipinski definition) is 0. The van der Waals surface area contributed by atoms with Gasteiger partial charge in [-0.15, -0.1) is 0 Å². The van der Waals surface area contributed by atoms with Crippen LogP contribution in [-0.2, 0) is 5.75 Å². The second-order valence-electron chi connectivity index (χ2n) is 2.76. The third kappa shape index (κ3) is 2.87. The van der Waals surface area contributed by atoms with Gasteiger partial charge in [0.05, 0.1) is 0 Å². The van der Waals surface area contributed by atoms with Crippen LogP contribution in [0.3, 0.4) is 0 Å². The fourth-order valence-corrected chi connectivity index (χ4v) is 2.65. The van der Waals surface area contributed by atoms with Crippen molar-refractivity contribution in [1.82, 2.24) is 0 Å². The summed E-state index contributed by atoms with van der Waals surface area (Å²) in [7, 11) is 0.361. The van der Waals surface area contributed by atoms with Crippen molar-refractivity contribution < 1.29 is 12.4 Å². The molecule has 0 saturated heterocycles. The van der Waals surface area contributed by atoms with E-state index >= 15 is 0 Å². The second kappa shape index (κ2) is 5.05. The monoisotopic (exact) mass is 210 g/mol. The van der Waals surface area contributed by atoms with Gasteiger partial charge in [0.25, 0.3) is 0 Å². The van der Waals surface area contributed by atoms with Crippen molar-refractivity contribution >= 4 is 10.5 Å². The number of rotatable bonds is 2. The minimum absolute atomic E-state index is 0. The Bertz CT molecular complexity index is 326. The summed E-state index contributed by atoms with van der Waals surface area (Å²) in [6, 6.07) is 14.9. The summed E-state index contributed by atoms with van der Waals surface area (Å²) < 4.78 is 0. The zero-order chi connectivity index (χ0) is 8.23. The van der Waals surface area contributed by atoms with E-state index in [-0.39, 0.29) is 12.4 Å². The molecule has 0 atom stereocenters. The maximum Gasteiger partial charge on any atom is 0.152 e. The van der Waals surface area contributed by atoms with Gasteiger partial charge in [-0.2, -0.15) is 0 Å². The Morgan fingerprint density at radius 2 is 1.46 bits per heavy atom. The molecule has 1 heterocycles. The van der Waals surface area contributed by atoms with Crippen molar-refractivity contribution in [1.29, 1.82) is 0 Å². The average Bonchev–Trinajstić information content (AvgIpc) is 2.59. The normalized spacial score (nSPS) is 9.23. The Morgan fingerprint density at radius 3 is 2.08 bits per heavy atom. The molecule has 13 heavy (non-hydrogen) atoms. The molecule has 0 fully saturated rings. The summed E-state index contributed by atoms with van der Waals surface area (Å²) in [5, 5.41) is 4.54. The molecule has 2 rings (SSSR count). The Morgan fingerprint density at radius 1 is 0.846 bits per heavy atom. The topological polar surface area (TPSA) is 0 Å². The van der Waals surface area contributed by atoms with Crippen molar-refractivity contribution in [2.75, 3.05) is 0 Å². The highest BCUT2D eigenvalue weighted by Crippen LogP contribution is 2.21. The lowest BCUT2D eigenvalue weighted by molar-refractivity contribution is -0.00000239. The predicted molar refractivity (Wildman–Crippen MR) is 54.5 cm³/mol. The summed E-state index contributed by atoms with van der Waals surface area (Å²) in [6.45, 7) is 0. The minimum Gasteiger partial charge on any atom is -1.00 e. The van der Waals surface area contributed by atoms with Crippen LogP contribution in [0.2, 0.25) is 0 Å². The molecule has 0 N–H and O–H groups in total. The number of hydrogen-bond acceptors (Lipinski definition) is 0. The van der Waals surface area contributed by atoms with Crippen molar-refractivity contribution in [2.45, 2.75) is 5.75 Å². The lowest BCUT2D eigenvalue weighted by atomic mass is 10.2. The van der Waals surface area contributed by atoms with Gasteiger partial charge in [0.15, 0.2) is 5.75 Å². The molecular weight excluding hydrogens is 200 g/mol. The second-order valence-corrected chi connectivity index (χ2v) is 4.53. The smallest absolute Gasteiger partial charge is 0.152 e. The van der Waals surface area contributed by atoms with Crippen molar-refractivity contribution in [2.24, 2.45) is 0 Å². The Balaban J connectivity index is 0.000000845. The Hall–Kier alpha value is -0.790. The highest BCUT2D eigenvalue weighted by Gasteiger charge is 2.01. The zero-order valence-corrected chi connectivity index (χ0v) is 8.76. The van der Waals surface area contributed by atoms with E-state index in [1.807, 2.05) is 0 Å². The SMILES string of the molecule is [Cl-].c1ccc(C[s+]2cccc2)cc1. The summed E-state index contributed by atoms with van der Waals surface area (Å²) in [4.78, 5) is 0. The van der Waals surface area contributed by atoms with E-state index in [1.54, 1.807) is 0 Å². The fraction of sp³-hybridized carbons (Fsp3) is 0.0909. The van der Waals surface area contributed by atoms with E-state index in [2.05, 4.69) is 53.2 Å². The van der Waals surface area contributed by atoms with Gasteiger partial charge in [-0.25, -0.2) is 0 Å². The minimum atomic E-state index is 0. The van der Waals surface area contributed by atoms with Gasteiger partial charge in [0.1, 0.15) is 10.8 Å². The standard InChI is InChI=1S/C11H11S.ClH/c1-2-6-11(7-3-1)10-12-8-4-5-9-12;/h1-9H,10H2;1H/q+1;/p-1. The molecule has 0 bridgehead atoms. The Kier molecular flexibility index (Phi) is 4.00. The van der Waals surface area contributed by atoms with E-state index < -0.39 is 0 Å². The van der Waals surface area contributed by atoms with Crippen LogP contribution in [0.25, 0.3) is 0 Å². The maximum atomic E-state index is 2.27. The molecule has 0 aliphatic carbocycles. The van der Waals surface area contributed by atoms with Crippen LogP contribution in [0.15, 0.2) is 53.2 Å². The molecular formula is C11H11ClS. The molecule has 1 aromatic carbocycles. The van der Waals surface area contributed by atoms with Crippen LogP contribution < -0.4 is 12.4 Å². The van der Waals surface area contributed by atoms with E-state index in [0.717, 1.165) is 5.75 Å². The Labute approximate surface area is 87.6 Å². The summed E-state index contributed by atoms with van der Waals surface area (Å²) >= 11 is 0. The van der Waals surface area contributed by atoms with Gasteiger partial charge < -0.3 is 12.4 Å². The van der Waals surface area contributed by atoms with Gasteiger partial charge in [0, 0.05) is 5.56 Å². The van der Waals surface area contributed by atoms with Crippen LogP contribution in [0.4, 0.5) is 0 Å². The van der Waals surface area contributed by atoms with Crippen LogP contribution in [0.5, 0.6) is 0 Å². The highest BCUT2D eigenvalue weighted by atomic mass is 35.5. The highest BCUT2D eigenvalue weighted by molar-refractivity contribution is 7.27. The summed E-state index contributed by atoms with van der Waals surface area (Å²) in [6.07, 6.45) is 0. The molecule has 68 valence electrons. The van der Waals surface area contributed by atoms with E-state index in [4.69, 9.17) is 0 Å². The van der Waals surface area contributed by atoms with Crippen LogP contribution in [0, 0.1) is 0 Å². The van der Waals surface area contributed by atoms with E-state index in [9.17, 15) is 0 Å². The number of benzene rings is 1. The first-order valence-corrected chi connectivity index (χ1v) is 5.54.